The Morgan fingerprint density at radius 3 is 2.54 bits per heavy atom. The number of hydrogen-bond donors (Lipinski definition) is 2. The van der Waals surface area contributed by atoms with Gasteiger partial charge in [-0.1, -0.05) is 0 Å². The largest absolute Gasteiger partial charge is 0.357 e. The fourth-order valence-electron chi connectivity index (χ4n) is 2.96. The molecule has 1 amide bonds. The molecule has 24 heavy (non-hydrogen) atoms. The molecule has 134 valence electrons. The lowest BCUT2D eigenvalue weighted by molar-refractivity contribution is -0.129. The van der Waals surface area contributed by atoms with E-state index < -0.39 is 0 Å². The quantitative estimate of drug-likeness (QED) is 0.604. The monoisotopic (exact) mass is 334 g/mol. The number of aryl methyl sites for hydroxylation is 2. The molecule has 1 aromatic rings. The maximum absolute atomic E-state index is 12.1. The van der Waals surface area contributed by atoms with Crippen LogP contribution < -0.4 is 10.6 Å². The Morgan fingerprint density at radius 1 is 1.25 bits per heavy atom. The average molecular weight is 334 g/mol. The number of aliphatic imine (C=N–C) groups is 1. The van der Waals surface area contributed by atoms with Crippen molar-refractivity contribution in [1.82, 2.24) is 25.3 Å². The topological polar surface area (TPSA) is 74.5 Å². The SMILES string of the molecule is CCNC(=NCc1c(C)nn(C)c1C)NCCC(=O)N1CCCC1. The van der Waals surface area contributed by atoms with Gasteiger partial charge in [0.2, 0.25) is 5.91 Å². The third kappa shape index (κ3) is 4.72. The highest BCUT2D eigenvalue weighted by atomic mass is 16.2. The molecule has 0 unspecified atom stereocenters. The van der Waals surface area contributed by atoms with Gasteiger partial charge in [0, 0.05) is 50.9 Å². The smallest absolute Gasteiger partial charge is 0.224 e. The highest BCUT2D eigenvalue weighted by molar-refractivity contribution is 5.81. The molecule has 0 atom stereocenters. The minimum absolute atomic E-state index is 0.231. The molecule has 0 spiro atoms. The number of rotatable bonds is 6. The molecule has 1 aromatic heterocycles. The van der Waals surface area contributed by atoms with Gasteiger partial charge in [-0.25, -0.2) is 4.99 Å². The third-order valence-corrected chi connectivity index (χ3v) is 4.49. The van der Waals surface area contributed by atoms with E-state index in [1.54, 1.807) is 0 Å². The van der Waals surface area contributed by atoms with Crippen molar-refractivity contribution in [2.75, 3.05) is 26.2 Å². The van der Waals surface area contributed by atoms with Crippen LogP contribution in [0.4, 0.5) is 0 Å². The lowest BCUT2D eigenvalue weighted by atomic mass is 10.2. The summed E-state index contributed by atoms with van der Waals surface area (Å²) in [7, 11) is 1.95. The van der Waals surface area contributed by atoms with Gasteiger partial charge < -0.3 is 15.5 Å². The minimum atomic E-state index is 0.231. The summed E-state index contributed by atoms with van der Waals surface area (Å²) in [5.41, 5.74) is 3.30. The summed E-state index contributed by atoms with van der Waals surface area (Å²) in [6, 6.07) is 0. The second-order valence-electron chi connectivity index (χ2n) is 6.23. The van der Waals surface area contributed by atoms with Crippen molar-refractivity contribution in [2.45, 2.75) is 46.6 Å². The lowest BCUT2D eigenvalue weighted by Gasteiger charge is -2.16. The molecule has 1 aliphatic heterocycles. The first-order valence-electron chi connectivity index (χ1n) is 8.82. The number of amides is 1. The number of aromatic nitrogens is 2. The van der Waals surface area contributed by atoms with Crippen LogP contribution in [0.3, 0.4) is 0 Å². The van der Waals surface area contributed by atoms with E-state index in [-0.39, 0.29) is 5.91 Å². The molecule has 7 heteroatoms. The van der Waals surface area contributed by atoms with Gasteiger partial charge in [-0.3, -0.25) is 9.48 Å². The fourth-order valence-corrected chi connectivity index (χ4v) is 2.96. The third-order valence-electron chi connectivity index (χ3n) is 4.49. The van der Waals surface area contributed by atoms with E-state index in [0.717, 1.165) is 55.4 Å². The molecular weight excluding hydrogens is 304 g/mol. The Bertz CT molecular complexity index is 586. The van der Waals surface area contributed by atoms with Crippen LogP contribution in [0.15, 0.2) is 4.99 Å². The molecule has 0 aromatic carbocycles. The summed E-state index contributed by atoms with van der Waals surface area (Å²) in [5.74, 6) is 0.976. The van der Waals surface area contributed by atoms with Crippen LogP contribution in [-0.4, -0.2) is 52.7 Å². The number of carbonyl (C=O) groups is 1. The predicted molar refractivity (Wildman–Crippen MR) is 95.9 cm³/mol. The van der Waals surface area contributed by atoms with Crippen molar-refractivity contribution in [3.63, 3.8) is 0 Å². The van der Waals surface area contributed by atoms with Crippen molar-refractivity contribution >= 4 is 11.9 Å². The number of nitrogens with zero attached hydrogens (tertiary/aromatic N) is 4. The first kappa shape index (κ1) is 18.3. The summed E-state index contributed by atoms with van der Waals surface area (Å²) in [6.07, 6.45) is 2.77. The van der Waals surface area contributed by atoms with Crippen molar-refractivity contribution in [3.8, 4) is 0 Å². The van der Waals surface area contributed by atoms with Gasteiger partial charge in [0.25, 0.3) is 0 Å². The highest BCUT2D eigenvalue weighted by Crippen LogP contribution is 2.12. The Balaban J connectivity index is 1.87. The zero-order chi connectivity index (χ0) is 17.5. The van der Waals surface area contributed by atoms with Gasteiger partial charge in [0.15, 0.2) is 5.96 Å². The molecule has 2 N–H and O–H groups in total. The summed E-state index contributed by atoms with van der Waals surface area (Å²) in [6.45, 7) is 9.89. The van der Waals surface area contributed by atoms with Crippen molar-refractivity contribution < 1.29 is 4.79 Å². The normalized spacial score (nSPS) is 15.0. The number of carbonyl (C=O) groups excluding carboxylic acids is 1. The van der Waals surface area contributed by atoms with E-state index >= 15 is 0 Å². The van der Waals surface area contributed by atoms with Crippen LogP contribution in [0.25, 0.3) is 0 Å². The van der Waals surface area contributed by atoms with E-state index in [4.69, 9.17) is 0 Å². The van der Waals surface area contributed by atoms with Crippen molar-refractivity contribution in [2.24, 2.45) is 12.0 Å². The lowest BCUT2D eigenvalue weighted by Crippen LogP contribution is -2.39. The van der Waals surface area contributed by atoms with Crippen LogP contribution in [0.1, 0.15) is 43.1 Å². The first-order chi connectivity index (χ1) is 11.5. The number of likely N-dealkylation sites (tertiary alicyclic amines) is 1. The molecule has 7 nitrogen and oxygen atoms in total. The molecule has 0 saturated carbocycles. The zero-order valence-corrected chi connectivity index (χ0v) is 15.4. The van der Waals surface area contributed by atoms with Crippen LogP contribution in [-0.2, 0) is 18.4 Å². The van der Waals surface area contributed by atoms with Crippen LogP contribution >= 0.6 is 0 Å². The molecule has 1 saturated heterocycles. The predicted octanol–water partition coefficient (Wildman–Crippen LogP) is 1.10. The average Bonchev–Trinajstić information content (AvgIpc) is 3.15. The minimum Gasteiger partial charge on any atom is -0.357 e. The van der Waals surface area contributed by atoms with Gasteiger partial charge in [-0.05, 0) is 33.6 Å². The Labute approximate surface area is 144 Å². The summed E-state index contributed by atoms with van der Waals surface area (Å²) >= 11 is 0. The van der Waals surface area contributed by atoms with Crippen LogP contribution in [0.2, 0.25) is 0 Å². The van der Waals surface area contributed by atoms with Crippen molar-refractivity contribution in [1.29, 1.82) is 0 Å². The van der Waals surface area contributed by atoms with Crippen LogP contribution in [0.5, 0.6) is 0 Å². The first-order valence-corrected chi connectivity index (χ1v) is 8.82. The Kier molecular flexibility index (Phi) is 6.63. The van der Waals surface area contributed by atoms with E-state index in [9.17, 15) is 4.79 Å². The summed E-state index contributed by atoms with van der Waals surface area (Å²) < 4.78 is 1.88. The van der Waals surface area contributed by atoms with Gasteiger partial charge >= 0.3 is 0 Å². The fraction of sp³-hybridized carbons (Fsp3) is 0.706. The summed E-state index contributed by atoms with van der Waals surface area (Å²) in [4.78, 5) is 18.7. The molecule has 1 aliphatic rings. The van der Waals surface area contributed by atoms with Gasteiger partial charge in [-0.15, -0.1) is 0 Å². The second-order valence-corrected chi connectivity index (χ2v) is 6.23. The number of hydrogen-bond acceptors (Lipinski definition) is 3. The number of nitrogens with one attached hydrogen (secondary N) is 2. The highest BCUT2D eigenvalue weighted by Gasteiger charge is 2.17. The van der Waals surface area contributed by atoms with Gasteiger partial charge in [0.1, 0.15) is 0 Å². The molecule has 2 rings (SSSR count). The maximum atomic E-state index is 12.1. The zero-order valence-electron chi connectivity index (χ0n) is 15.4. The van der Waals surface area contributed by atoms with E-state index in [2.05, 4.69) is 27.6 Å². The molecule has 0 aliphatic carbocycles. The van der Waals surface area contributed by atoms with Crippen LogP contribution in [0, 0.1) is 13.8 Å². The Hall–Kier alpha value is -2.05. The Morgan fingerprint density at radius 2 is 1.96 bits per heavy atom. The van der Waals surface area contributed by atoms with Crippen molar-refractivity contribution in [3.05, 3.63) is 17.0 Å². The molecule has 2 heterocycles. The standard InChI is InChI=1S/C17H30N6O/c1-5-18-17(19-9-8-16(24)23-10-6-7-11-23)20-12-15-13(2)21-22(4)14(15)3/h5-12H2,1-4H3,(H2,18,19,20). The molecular formula is C17H30N6O. The molecule has 0 bridgehead atoms. The number of guanidine groups is 1. The second kappa shape index (κ2) is 8.70. The van der Waals surface area contributed by atoms with E-state index in [1.165, 1.54) is 0 Å². The maximum Gasteiger partial charge on any atom is 0.224 e. The summed E-state index contributed by atoms with van der Waals surface area (Å²) in [5, 5.41) is 10.9. The van der Waals surface area contributed by atoms with Gasteiger partial charge in [0.05, 0.1) is 12.2 Å². The van der Waals surface area contributed by atoms with E-state index in [0.29, 0.717) is 19.5 Å². The van der Waals surface area contributed by atoms with Gasteiger partial charge in [-0.2, -0.15) is 5.10 Å². The molecule has 1 fully saturated rings. The molecule has 0 radical (unpaired) electrons. The van der Waals surface area contributed by atoms with E-state index in [1.807, 2.05) is 30.5 Å².